The minimum absolute atomic E-state index is 0.186. The zero-order valence-corrected chi connectivity index (χ0v) is 15.7. The Labute approximate surface area is 163 Å². The maximum absolute atomic E-state index is 13.7. The van der Waals surface area contributed by atoms with Crippen molar-refractivity contribution in [3.05, 3.63) is 89.0 Å². The molecule has 1 aromatic heterocycles. The van der Waals surface area contributed by atoms with E-state index >= 15 is 0 Å². The van der Waals surface area contributed by atoms with Crippen molar-refractivity contribution in [1.82, 2.24) is 20.2 Å². The van der Waals surface area contributed by atoms with Crippen LogP contribution in [0, 0.1) is 11.6 Å². The first-order valence-electron chi connectivity index (χ1n) is 9.61. The SMILES string of the molecule is Fc1ccc(CC2Cc3cc(F)ccc3CN2CCNCc2cnc[nH]2)cc1. The number of imidazole rings is 1. The monoisotopic (exact) mass is 382 g/mol. The molecule has 4 nitrogen and oxygen atoms in total. The predicted molar refractivity (Wildman–Crippen MR) is 105 cm³/mol. The van der Waals surface area contributed by atoms with Crippen LogP contribution >= 0.6 is 0 Å². The van der Waals surface area contributed by atoms with E-state index in [1.807, 2.05) is 24.4 Å². The van der Waals surface area contributed by atoms with Crippen LogP contribution in [0.2, 0.25) is 0 Å². The molecule has 146 valence electrons. The Bertz CT molecular complexity index is 893. The number of hydrogen-bond acceptors (Lipinski definition) is 3. The van der Waals surface area contributed by atoms with Gasteiger partial charge in [0.1, 0.15) is 11.6 Å². The highest BCUT2D eigenvalue weighted by molar-refractivity contribution is 5.32. The molecule has 4 rings (SSSR count). The smallest absolute Gasteiger partial charge is 0.123 e. The van der Waals surface area contributed by atoms with Crippen molar-refractivity contribution in [2.24, 2.45) is 0 Å². The third-order valence-corrected chi connectivity index (χ3v) is 5.34. The molecule has 2 heterocycles. The van der Waals surface area contributed by atoms with E-state index in [1.165, 1.54) is 23.8 Å². The molecular weight excluding hydrogens is 358 g/mol. The lowest BCUT2D eigenvalue weighted by atomic mass is 9.90. The fraction of sp³-hybridized carbons (Fsp3) is 0.318. The maximum atomic E-state index is 13.7. The fourth-order valence-electron chi connectivity index (χ4n) is 3.85. The Balaban J connectivity index is 1.43. The van der Waals surface area contributed by atoms with Gasteiger partial charge in [0.05, 0.1) is 6.33 Å². The molecule has 0 bridgehead atoms. The van der Waals surface area contributed by atoms with E-state index in [2.05, 4.69) is 20.2 Å². The van der Waals surface area contributed by atoms with Crippen molar-refractivity contribution >= 4 is 0 Å². The minimum atomic E-state index is -0.223. The molecule has 0 fully saturated rings. The van der Waals surface area contributed by atoms with Gasteiger partial charge in [-0.25, -0.2) is 13.8 Å². The highest BCUT2D eigenvalue weighted by Gasteiger charge is 2.26. The Kier molecular flexibility index (Phi) is 5.78. The van der Waals surface area contributed by atoms with Gasteiger partial charge in [-0.1, -0.05) is 18.2 Å². The van der Waals surface area contributed by atoms with Crippen LogP contribution in [-0.4, -0.2) is 34.0 Å². The predicted octanol–water partition coefficient (Wildman–Crippen LogP) is 3.45. The number of aromatic nitrogens is 2. The summed E-state index contributed by atoms with van der Waals surface area (Å²) >= 11 is 0. The zero-order valence-electron chi connectivity index (χ0n) is 15.7. The van der Waals surface area contributed by atoms with Crippen LogP contribution in [0.3, 0.4) is 0 Å². The van der Waals surface area contributed by atoms with Crippen LogP contribution in [-0.2, 0) is 25.9 Å². The second kappa shape index (κ2) is 8.63. The van der Waals surface area contributed by atoms with Crippen LogP contribution < -0.4 is 5.32 Å². The van der Waals surface area contributed by atoms with Gasteiger partial charge >= 0.3 is 0 Å². The second-order valence-corrected chi connectivity index (χ2v) is 7.33. The number of nitrogens with zero attached hydrogens (tertiary/aromatic N) is 2. The van der Waals surface area contributed by atoms with E-state index < -0.39 is 0 Å². The van der Waals surface area contributed by atoms with E-state index in [0.29, 0.717) is 0 Å². The summed E-state index contributed by atoms with van der Waals surface area (Å²) in [5.74, 6) is -0.409. The zero-order chi connectivity index (χ0) is 19.3. The molecule has 2 aromatic carbocycles. The molecule has 0 saturated carbocycles. The van der Waals surface area contributed by atoms with Gasteiger partial charge in [-0.2, -0.15) is 0 Å². The number of fused-ring (bicyclic) bond motifs is 1. The Hall–Kier alpha value is -2.57. The molecule has 0 spiro atoms. The molecule has 0 saturated heterocycles. The number of aromatic amines is 1. The molecule has 0 aliphatic carbocycles. The first kappa shape index (κ1) is 18.8. The molecule has 1 atom stereocenters. The van der Waals surface area contributed by atoms with Gasteiger partial charge in [-0.3, -0.25) is 4.90 Å². The molecular formula is C22H24F2N4. The molecule has 1 unspecified atom stereocenters. The minimum Gasteiger partial charge on any atom is -0.347 e. The van der Waals surface area contributed by atoms with Crippen molar-refractivity contribution in [3.8, 4) is 0 Å². The van der Waals surface area contributed by atoms with Crippen molar-refractivity contribution in [1.29, 1.82) is 0 Å². The van der Waals surface area contributed by atoms with Gasteiger partial charge in [0.15, 0.2) is 0 Å². The lowest BCUT2D eigenvalue weighted by Crippen LogP contribution is -2.44. The van der Waals surface area contributed by atoms with Crippen LogP contribution in [0.1, 0.15) is 22.4 Å². The van der Waals surface area contributed by atoms with E-state index in [-0.39, 0.29) is 17.7 Å². The maximum Gasteiger partial charge on any atom is 0.123 e. The van der Waals surface area contributed by atoms with E-state index in [4.69, 9.17) is 0 Å². The lowest BCUT2D eigenvalue weighted by molar-refractivity contribution is 0.170. The first-order chi connectivity index (χ1) is 13.7. The van der Waals surface area contributed by atoms with Crippen molar-refractivity contribution in [3.63, 3.8) is 0 Å². The van der Waals surface area contributed by atoms with Gasteiger partial charge in [-0.05, 0) is 53.8 Å². The van der Waals surface area contributed by atoms with Crippen LogP contribution in [0.4, 0.5) is 8.78 Å². The van der Waals surface area contributed by atoms with Gasteiger partial charge < -0.3 is 10.3 Å². The third kappa shape index (κ3) is 4.64. The Morgan fingerprint density at radius 2 is 1.89 bits per heavy atom. The van der Waals surface area contributed by atoms with Crippen LogP contribution in [0.25, 0.3) is 0 Å². The molecule has 1 aliphatic heterocycles. The van der Waals surface area contributed by atoms with Crippen LogP contribution in [0.5, 0.6) is 0 Å². The van der Waals surface area contributed by atoms with Gasteiger partial charge in [0, 0.05) is 44.1 Å². The second-order valence-electron chi connectivity index (χ2n) is 7.33. The van der Waals surface area contributed by atoms with E-state index in [1.54, 1.807) is 12.4 Å². The van der Waals surface area contributed by atoms with Crippen molar-refractivity contribution < 1.29 is 8.78 Å². The summed E-state index contributed by atoms with van der Waals surface area (Å²) in [6, 6.07) is 12.0. The lowest BCUT2D eigenvalue weighted by Gasteiger charge is -2.37. The number of halogens is 2. The van der Waals surface area contributed by atoms with Gasteiger partial charge in [0.25, 0.3) is 0 Å². The van der Waals surface area contributed by atoms with Crippen LogP contribution in [0.15, 0.2) is 55.0 Å². The fourth-order valence-corrected chi connectivity index (χ4v) is 3.85. The molecule has 0 amide bonds. The molecule has 0 radical (unpaired) electrons. The average molecular weight is 382 g/mol. The molecule has 2 N–H and O–H groups in total. The molecule has 6 heteroatoms. The number of hydrogen-bond donors (Lipinski definition) is 2. The van der Waals surface area contributed by atoms with Gasteiger partial charge in [0.2, 0.25) is 0 Å². The molecule has 3 aromatic rings. The normalized spacial score (nSPS) is 16.9. The summed E-state index contributed by atoms with van der Waals surface area (Å²) in [6.45, 7) is 3.28. The van der Waals surface area contributed by atoms with Gasteiger partial charge in [-0.15, -0.1) is 0 Å². The summed E-state index contributed by atoms with van der Waals surface area (Å²) in [5.41, 5.74) is 4.42. The topological polar surface area (TPSA) is 44.0 Å². The standard InChI is InChI=1S/C22H24F2N4/c23-19-4-1-16(2-5-19)9-22-11-18-10-20(24)6-3-17(18)14-28(22)8-7-25-12-21-13-26-15-27-21/h1-6,10,13,15,22,25H,7-9,11-12,14H2,(H,26,27). The number of H-pyrrole nitrogens is 1. The summed E-state index contributed by atoms with van der Waals surface area (Å²) in [7, 11) is 0. The molecule has 1 aliphatic rings. The number of nitrogens with one attached hydrogen (secondary N) is 2. The highest BCUT2D eigenvalue weighted by Crippen LogP contribution is 2.26. The molecule has 28 heavy (non-hydrogen) atoms. The Morgan fingerprint density at radius 3 is 2.68 bits per heavy atom. The summed E-state index contributed by atoms with van der Waals surface area (Å²) in [6.07, 6.45) is 5.11. The summed E-state index contributed by atoms with van der Waals surface area (Å²) < 4.78 is 26.9. The first-order valence-corrected chi connectivity index (χ1v) is 9.61. The summed E-state index contributed by atoms with van der Waals surface area (Å²) in [5, 5.41) is 3.44. The third-order valence-electron chi connectivity index (χ3n) is 5.34. The number of rotatable bonds is 7. The quantitative estimate of drug-likeness (QED) is 0.615. The van der Waals surface area contributed by atoms with Crippen molar-refractivity contribution in [2.45, 2.75) is 32.0 Å². The largest absolute Gasteiger partial charge is 0.347 e. The number of benzene rings is 2. The van der Waals surface area contributed by atoms with E-state index in [9.17, 15) is 8.78 Å². The summed E-state index contributed by atoms with van der Waals surface area (Å²) in [4.78, 5) is 9.55. The Morgan fingerprint density at radius 1 is 1.07 bits per heavy atom. The average Bonchev–Trinajstić information content (AvgIpc) is 3.21. The van der Waals surface area contributed by atoms with E-state index in [0.717, 1.165) is 55.8 Å². The van der Waals surface area contributed by atoms with Crippen molar-refractivity contribution in [2.75, 3.05) is 13.1 Å². The highest BCUT2D eigenvalue weighted by atomic mass is 19.1.